The molecule has 0 saturated heterocycles. The average Bonchev–Trinajstić information content (AvgIpc) is 2.78. The molecule has 0 aliphatic carbocycles. The summed E-state index contributed by atoms with van der Waals surface area (Å²) in [6, 6.07) is 3.58. The molecule has 0 aromatic heterocycles. The zero-order valence-corrected chi connectivity index (χ0v) is 17.6. The fourth-order valence-electron chi connectivity index (χ4n) is 2.54. The number of benzene rings is 1. The van der Waals surface area contributed by atoms with Gasteiger partial charge in [-0.2, -0.15) is 0 Å². The van der Waals surface area contributed by atoms with Crippen molar-refractivity contribution in [2.24, 2.45) is 11.5 Å². The molecule has 0 aliphatic heterocycles. The molecule has 0 fully saturated rings. The Balaban J connectivity index is 2.70. The van der Waals surface area contributed by atoms with Crippen LogP contribution >= 0.6 is 0 Å². The molecule has 0 bridgehead atoms. The lowest BCUT2D eigenvalue weighted by molar-refractivity contribution is -0.138. The normalized spacial score (nSPS) is 13.2. The van der Waals surface area contributed by atoms with Crippen molar-refractivity contribution in [2.45, 2.75) is 31.0 Å². The molecule has 0 aliphatic rings. The van der Waals surface area contributed by atoms with Crippen LogP contribution in [0.15, 0.2) is 30.3 Å². The van der Waals surface area contributed by atoms with Crippen molar-refractivity contribution in [1.29, 1.82) is 0 Å². The highest BCUT2D eigenvalue weighted by Crippen LogP contribution is 2.02. The van der Waals surface area contributed by atoms with E-state index in [4.69, 9.17) is 16.6 Å². The molecule has 1 aromatic carbocycles. The minimum absolute atomic E-state index is 0.174. The Kier molecular flexibility index (Phi) is 11.3. The summed E-state index contributed by atoms with van der Waals surface area (Å²) in [6.45, 7) is -2.21. The third kappa shape index (κ3) is 9.51. The van der Waals surface area contributed by atoms with Gasteiger partial charge in [-0.3, -0.25) is 24.6 Å². The van der Waals surface area contributed by atoms with E-state index in [0.29, 0.717) is 5.01 Å². The number of primary amides is 1. The van der Waals surface area contributed by atoms with Crippen LogP contribution in [-0.4, -0.2) is 87.9 Å². The number of hydrogen-bond donors (Lipinski definition) is 8. The first kappa shape index (κ1) is 27.3. The Morgan fingerprint density at radius 1 is 0.909 bits per heavy atom. The third-order valence-corrected chi connectivity index (χ3v) is 4.33. The number of urea groups is 1. The SMILES string of the molecule is NC(=O)N(CCC(=O)O)NC(=O)[C@H](CO)NC(=O)[C@H](CO)NC(=O)C(N)Cc1ccccc1. The standard InChI is InChI=1S/C19H28N6O8/c20-12(8-11-4-2-1-3-5-11)16(30)22-13(9-26)17(31)23-14(10-27)18(32)24-25(19(21)33)7-6-15(28)29/h1-5,12-14,26-27H,6-10,20H2,(H2,21,33)(H,22,30)(H,23,31)(H,24,32)(H,28,29)/t12?,13-,14-/m0/s1. The van der Waals surface area contributed by atoms with Gasteiger partial charge in [-0.05, 0) is 12.0 Å². The Labute approximate surface area is 188 Å². The van der Waals surface area contributed by atoms with Crippen LogP contribution < -0.4 is 27.5 Å². The maximum Gasteiger partial charge on any atom is 0.333 e. The van der Waals surface area contributed by atoms with Gasteiger partial charge >= 0.3 is 12.0 Å². The summed E-state index contributed by atoms with van der Waals surface area (Å²) < 4.78 is 0. The van der Waals surface area contributed by atoms with Crippen LogP contribution in [0.2, 0.25) is 0 Å². The highest BCUT2D eigenvalue weighted by atomic mass is 16.4. The van der Waals surface area contributed by atoms with Crippen molar-refractivity contribution in [3.63, 3.8) is 0 Å². The number of nitrogens with two attached hydrogens (primary N) is 2. The van der Waals surface area contributed by atoms with Crippen molar-refractivity contribution in [3.05, 3.63) is 35.9 Å². The van der Waals surface area contributed by atoms with Crippen LogP contribution in [0.25, 0.3) is 0 Å². The Morgan fingerprint density at radius 3 is 1.97 bits per heavy atom. The molecule has 14 heteroatoms. The van der Waals surface area contributed by atoms with E-state index in [-0.39, 0.29) is 6.42 Å². The monoisotopic (exact) mass is 468 g/mol. The molecule has 1 aromatic rings. The van der Waals surface area contributed by atoms with Gasteiger partial charge in [0.2, 0.25) is 11.8 Å². The number of nitrogens with zero attached hydrogens (tertiary/aromatic N) is 1. The van der Waals surface area contributed by atoms with E-state index >= 15 is 0 Å². The fraction of sp³-hybridized carbons (Fsp3) is 0.421. The van der Waals surface area contributed by atoms with Gasteiger partial charge in [0, 0.05) is 0 Å². The van der Waals surface area contributed by atoms with Gasteiger partial charge in [0.15, 0.2) is 0 Å². The molecular formula is C19H28N6O8. The Hall–Kier alpha value is -3.75. The van der Waals surface area contributed by atoms with Gasteiger partial charge in [0.1, 0.15) is 12.1 Å². The van der Waals surface area contributed by atoms with E-state index in [1.165, 1.54) is 0 Å². The smallest absolute Gasteiger partial charge is 0.333 e. The molecule has 0 heterocycles. The van der Waals surface area contributed by atoms with Crippen molar-refractivity contribution in [3.8, 4) is 0 Å². The third-order valence-electron chi connectivity index (χ3n) is 4.33. The number of hydrogen-bond acceptors (Lipinski definition) is 8. The van der Waals surface area contributed by atoms with E-state index in [0.717, 1.165) is 5.56 Å². The molecule has 0 spiro atoms. The number of carboxylic acid groups (broad SMARTS) is 1. The van der Waals surface area contributed by atoms with Gasteiger partial charge in [0.25, 0.3) is 5.91 Å². The number of aliphatic hydroxyl groups is 2. The maximum atomic E-state index is 12.4. The van der Waals surface area contributed by atoms with Gasteiger partial charge in [-0.15, -0.1) is 0 Å². The zero-order valence-electron chi connectivity index (χ0n) is 17.6. The summed E-state index contributed by atoms with van der Waals surface area (Å²) in [5.74, 6) is -4.08. The first-order valence-corrected chi connectivity index (χ1v) is 9.80. The van der Waals surface area contributed by atoms with Gasteiger partial charge in [-0.25, -0.2) is 9.80 Å². The summed E-state index contributed by atoms with van der Waals surface area (Å²) in [5.41, 5.74) is 13.7. The summed E-state index contributed by atoms with van der Waals surface area (Å²) >= 11 is 0. The number of carboxylic acids is 1. The molecule has 1 unspecified atom stereocenters. The maximum absolute atomic E-state index is 12.4. The van der Waals surface area contributed by atoms with E-state index in [1.54, 1.807) is 30.3 Å². The van der Waals surface area contributed by atoms with Crippen molar-refractivity contribution in [1.82, 2.24) is 21.1 Å². The van der Waals surface area contributed by atoms with Gasteiger partial charge in [0.05, 0.1) is 32.2 Å². The number of hydrazine groups is 1. The largest absolute Gasteiger partial charge is 0.481 e. The van der Waals surface area contributed by atoms with Gasteiger partial charge < -0.3 is 37.4 Å². The second kappa shape index (κ2) is 13.6. The second-order valence-electron chi connectivity index (χ2n) is 6.89. The number of amides is 5. The lowest BCUT2D eigenvalue weighted by Crippen LogP contribution is -2.60. The number of aliphatic carboxylic acids is 1. The average molecular weight is 468 g/mol. The predicted octanol–water partition coefficient (Wildman–Crippen LogP) is -3.60. The van der Waals surface area contributed by atoms with E-state index in [9.17, 15) is 34.2 Å². The van der Waals surface area contributed by atoms with E-state index in [2.05, 4.69) is 10.6 Å². The molecule has 0 radical (unpaired) electrons. The minimum atomic E-state index is -1.60. The minimum Gasteiger partial charge on any atom is -0.481 e. The molecule has 0 saturated carbocycles. The van der Waals surface area contributed by atoms with Crippen LogP contribution in [0, 0.1) is 0 Å². The van der Waals surface area contributed by atoms with Crippen LogP contribution in [0.3, 0.4) is 0 Å². The second-order valence-corrected chi connectivity index (χ2v) is 6.89. The lowest BCUT2D eigenvalue weighted by Gasteiger charge is -2.25. The fourth-order valence-corrected chi connectivity index (χ4v) is 2.54. The van der Waals surface area contributed by atoms with E-state index < -0.39 is 74.0 Å². The molecular weight excluding hydrogens is 440 g/mol. The Morgan fingerprint density at radius 2 is 1.45 bits per heavy atom. The summed E-state index contributed by atoms with van der Waals surface area (Å²) in [6.07, 6.45) is -0.353. The molecule has 3 atom stereocenters. The van der Waals surface area contributed by atoms with Crippen LogP contribution in [0.4, 0.5) is 4.79 Å². The van der Waals surface area contributed by atoms with Crippen molar-refractivity contribution < 1.29 is 39.3 Å². The lowest BCUT2D eigenvalue weighted by atomic mass is 10.1. The molecule has 5 amide bonds. The summed E-state index contributed by atoms with van der Waals surface area (Å²) in [5, 5.41) is 32.5. The number of carbonyl (C=O) groups excluding carboxylic acids is 4. The Bertz CT molecular complexity index is 837. The van der Waals surface area contributed by atoms with Crippen molar-refractivity contribution in [2.75, 3.05) is 19.8 Å². The molecule has 1 rings (SSSR count). The molecule has 33 heavy (non-hydrogen) atoms. The number of carbonyl (C=O) groups is 5. The van der Waals surface area contributed by atoms with Crippen LogP contribution in [0.1, 0.15) is 12.0 Å². The highest BCUT2D eigenvalue weighted by molar-refractivity contribution is 5.93. The topological polar surface area (TPSA) is 237 Å². The van der Waals surface area contributed by atoms with E-state index in [1.807, 2.05) is 5.43 Å². The number of nitrogens with one attached hydrogen (secondary N) is 3. The highest BCUT2D eigenvalue weighted by Gasteiger charge is 2.28. The summed E-state index contributed by atoms with van der Waals surface area (Å²) in [4.78, 5) is 58.9. The summed E-state index contributed by atoms with van der Waals surface area (Å²) in [7, 11) is 0. The first-order chi connectivity index (χ1) is 15.6. The molecule has 14 nitrogen and oxygen atoms in total. The first-order valence-electron chi connectivity index (χ1n) is 9.80. The van der Waals surface area contributed by atoms with Gasteiger partial charge in [-0.1, -0.05) is 30.3 Å². The molecule has 10 N–H and O–H groups in total. The number of rotatable bonds is 12. The predicted molar refractivity (Wildman–Crippen MR) is 113 cm³/mol. The van der Waals surface area contributed by atoms with Crippen LogP contribution in [-0.2, 0) is 25.6 Å². The van der Waals surface area contributed by atoms with Crippen LogP contribution in [0.5, 0.6) is 0 Å². The van der Waals surface area contributed by atoms with Crippen molar-refractivity contribution >= 4 is 29.7 Å². The zero-order chi connectivity index (χ0) is 25.0. The quantitative estimate of drug-likeness (QED) is 0.141. The molecule has 182 valence electrons. The number of aliphatic hydroxyl groups excluding tert-OH is 2.